The molecular formula is C14H24N2O3. The molecule has 1 saturated carbocycles. The quantitative estimate of drug-likeness (QED) is 0.780. The van der Waals surface area contributed by atoms with E-state index in [4.69, 9.17) is 4.74 Å². The van der Waals surface area contributed by atoms with E-state index in [2.05, 4.69) is 5.32 Å². The number of rotatable bonds is 2. The Morgan fingerprint density at radius 3 is 2.37 bits per heavy atom. The van der Waals surface area contributed by atoms with Crippen molar-refractivity contribution in [1.82, 2.24) is 10.2 Å². The zero-order chi connectivity index (χ0) is 14.0. The predicted molar refractivity (Wildman–Crippen MR) is 71.7 cm³/mol. The maximum absolute atomic E-state index is 12.1. The highest BCUT2D eigenvalue weighted by Crippen LogP contribution is 2.23. The Morgan fingerprint density at radius 2 is 1.84 bits per heavy atom. The standard InChI is InChI=1S/C14H24N2O3/c1-14(2,3)19-12(17)11-8-5-9-16(11)13(18)15-10-6-4-7-10/h10-11H,4-9H2,1-3H3,(H,15,18)/t11-/m1/s1. The van der Waals surface area contributed by atoms with Crippen LogP contribution in [-0.2, 0) is 9.53 Å². The number of urea groups is 1. The lowest BCUT2D eigenvalue weighted by molar-refractivity contribution is -0.159. The van der Waals surface area contributed by atoms with Crippen molar-refractivity contribution in [2.45, 2.75) is 70.6 Å². The fourth-order valence-electron chi connectivity index (χ4n) is 2.43. The summed E-state index contributed by atoms with van der Waals surface area (Å²) in [7, 11) is 0. The minimum Gasteiger partial charge on any atom is -0.458 e. The molecular weight excluding hydrogens is 244 g/mol. The first-order valence-electron chi connectivity index (χ1n) is 7.17. The number of carbonyl (C=O) groups excluding carboxylic acids is 2. The van der Waals surface area contributed by atoms with Gasteiger partial charge >= 0.3 is 12.0 Å². The number of hydrogen-bond donors (Lipinski definition) is 1. The van der Waals surface area contributed by atoms with E-state index in [-0.39, 0.29) is 12.0 Å². The molecule has 2 fully saturated rings. The van der Waals surface area contributed by atoms with E-state index in [1.54, 1.807) is 4.90 Å². The summed E-state index contributed by atoms with van der Waals surface area (Å²) >= 11 is 0. The van der Waals surface area contributed by atoms with E-state index >= 15 is 0 Å². The summed E-state index contributed by atoms with van der Waals surface area (Å²) < 4.78 is 5.39. The second kappa shape index (κ2) is 5.39. The van der Waals surface area contributed by atoms with E-state index in [1.807, 2.05) is 20.8 Å². The first kappa shape index (κ1) is 14.2. The van der Waals surface area contributed by atoms with Crippen LogP contribution < -0.4 is 5.32 Å². The van der Waals surface area contributed by atoms with E-state index in [9.17, 15) is 9.59 Å². The van der Waals surface area contributed by atoms with E-state index in [0.29, 0.717) is 19.0 Å². The molecule has 0 aromatic rings. The van der Waals surface area contributed by atoms with Gasteiger partial charge in [0.2, 0.25) is 0 Å². The predicted octanol–water partition coefficient (Wildman–Crippen LogP) is 2.05. The highest BCUT2D eigenvalue weighted by Gasteiger charge is 2.37. The van der Waals surface area contributed by atoms with Gasteiger partial charge < -0.3 is 15.0 Å². The van der Waals surface area contributed by atoms with Gasteiger partial charge in [-0.15, -0.1) is 0 Å². The van der Waals surface area contributed by atoms with Gasteiger partial charge in [-0.25, -0.2) is 9.59 Å². The van der Waals surface area contributed by atoms with Crippen LogP contribution in [-0.4, -0.2) is 41.1 Å². The molecule has 108 valence electrons. The van der Waals surface area contributed by atoms with Gasteiger partial charge in [0.05, 0.1) is 0 Å². The molecule has 0 spiro atoms. The maximum Gasteiger partial charge on any atom is 0.329 e. The Hall–Kier alpha value is -1.26. The fourth-order valence-corrected chi connectivity index (χ4v) is 2.43. The minimum atomic E-state index is -0.504. The van der Waals surface area contributed by atoms with Crippen molar-refractivity contribution < 1.29 is 14.3 Å². The Balaban J connectivity index is 1.91. The SMILES string of the molecule is CC(C)(C)OC(=O)[C@H]1CCCN1C(=O)NC1CCC1. The Kier molecular flexibility index (Phi) is 4.02. The number of amides is 2. The summed E-state index contributed by atoms with van der Waals surface area (Å²) in [6.07, 6.45) is 4.85. The number of esters is 1. The number of nitrogens with zero attached hydrogens (tertiary/aromatic N) is 1. The van der Waals surface area contributed by atoms with Crippen LogP contribution in [0, 0.1) is 0 Å². The van der Waals surface area contributed by atoms with Crippen LogP contribution in [0.1, 0.15) is 52.9 Å². The number of ether oxygens (including phenoxy) is 1. The fraction of sp³-hybridized carbons (Fsp3) is 0.857. The molecule has 2 aliphatic rings. The van der Waals surface area contributed by atoms with Crippen molar-refractivity contribution in [3.63, 3.8) is 0 Å². The van der Waals surface area contributed by atoms with Gasteiger partial charge in [-0.05, 0) is 52.9 Å². The van der Waals surface area contributed by atoms with Crippen molar-refractivity contribution in [1.29, 1.82) is 0 Å². The smallest absolute Gasteiger partial charge is 0.329 e. The summed E-state index contributed by atoms with van der Waals surface area (Å²) in [4.78, 5) is 25.9. The molecule has 5 nitrogen and oxygen atoms in total. The highest BCUT2D eigenvalue weighted by atomic mass is 16.6. The maximum atomic E-state index is 12.1. The van der Waals surface area contributed by atoms with Crippen molar-refractivity contribution >= 4 is 12.0 Å². The van der Waals surface area contributed by atoms with Crippen molar-refractivity contribution in [3.05, 3.63) is 0 Å². The van der Waals surface area contributed by atoms with Crippen molar-refractivity contribution in [3.8, 4) is 0 Å². The summed E-state index contributed by atoms with van der Waals surface area (Å²) in [5, 5.41) is 2.99. The van der Waals surface area contributed by atoms with Crippen molar-refractivity contribution in [2.75, 3.05) is 6.54 Å². The average Bonchev–Trinajstić information content (AvgIpc) is 2.69. The topological polar surface area (TPSA) is 58.6 Å². The normalized spacial score (nSPS) is 23.9. The first-order chi connectivity index (χ1) is 8.87. The molecule has 0 aromatic heterocycles. The Bertz CT molecular complexity index is 358. The third-order valence-corrected chi connectivity index (χ3v) is 3.63. The Labute approximate surface area is 114 Å². The molecule has 2 rings (SSSR count). The highest BCUT2D eigenvalue weighted by molar-refractivity contribution is 5.84. The van der Waals surface area contributed by atoms with Crippen LogP contribution in [0.15, 0.2) is 0 Å². The monoisotopic (exact) mass is 268 g/mol. The molecule has 1 atom stereocenters. The summed E-state index contributed by atoms with van der Waals surface area (Å²) in [6.45, 7) is 6.18. The number of hydrogen-bond acceptors (Lipinski definition) is 3. The molecule has 1 saturated heterocycles. The largest absolute Gasteiger partial charge is 0.458 e. The van der Waals surface area contributed by atoms with Crippen molar-refractivity contribution in [2.24, 2.45) is 0 Å². The van der Waals surface area contributed by atoms with Gasteiger partial charge in [-0.2, -0.15) is 0 Å². The number of likely N-dealkylation sites (tertiary alicyclic amines) is 1. The summed E-state index contributed by atoms with van der Waals surface area (Å²) in [5.74, 6) is -0.284. The first-order valence-corrected chi connectivity index (χ1v) is 7.17. The summed E-state index contributed by atoms with van der Waals surface area (Å²) in [6, 6.07) is -0.232. The van der Waals surface area contributed by atoms with Gasteiger partial charge in [-0.1, -0.05) is 0 Å². The van der Waals surface area contributed by atoms with Crippen LogP contribution in [0.25, 0.3) is 0 Å². The molecule has 0 aromatic carbocycles. The molecule has 1 aliphatic carbocycles. The third-order valence-electron chi connectivity index (χ3n) is 3.63. The number of carbonyl (C=O) groups is 2. The van der Waals surface area contributed by atoms with E-state index in [1.165, 1.54) is 6.42 Å². The van der Waals surface area contributed by atoms with Crippen LogP contribution in [0.3, 0.4) is 0 Å². The zero-order valence-electron chi connectivity index (χ0n) is 12.1. The molecule has 2 amide bonds. The molecule has 19 heavy (non-hydrogen) atoms. The zero-order valence-corrected chi connectivity index (χ0v) is 12.1. The second-order valence-corrected chi connectivity index (χ2v) is 6.46. The molecule has 5 heteroatoms. The van der Waals surface area contributed by atoms with Gasteiger partial charge in [0, 0.05) is 12.6 Å². The molecule has 0 unspecified atom stereocenters. The Morgan fingerprint density at radius 1 is 1.16 bits per heavy atom. The van der Waals surface area contributed by atoms with Crippen LogP contribution in [0.4, 0.5) is 4.79 Å². The van der Waals surface area contributed by atoms with Crippen LogP contribution >= 0.6 is 0 Å². The molecule has 1 aliphatic heterocycles. The second-order valence-electron chi connectivity index (χ2n) is 6.46. The average molecular weight is 268 g/mol. The van der Waals surface area contributed by atoms with E-state index in [0.717, 1.165) is 19.3 Å². The minimum absolute atomic E-state index is 0.113. The summed E-state index contributed by atoms with van der Waals surface area (Å²) in [5.41, 5.74) is -0.504. The molecule has 1 N–H and O–H groups in total. The van der Waals surface area contributed by atoms with E-state index < -0.39 is 11.6 Å². The molecule has 1 heterocycles. The van der Waals surface area contributed by atoms with Crippen LogP contribution in [0.2, 0.25) is 0 Å². The van der Waals surface area contributed by atoms with Crippen LogP contribution in [0.5, 0.6) is 0 Å². The van der Waals surface area contributed by atoms with Gasteiger partial charge in [0.15, 0.2) is 0 Å². The molecule has 0 bridgehead atoms. The lowest BCUT2D eigenvalue weighted by Crippen LogP contribution is -2.51. The lowest BCUT2D eigenvalue weighted by atomic mass is 9.93. The van der Waals surface area contributed by atoms with Gasteiger partial charge in [-0.3, -0.25) is 0 Å². The lowest BCUT2D eigenvalue weighted by Gasteiger charge is -2.31. The molecule has 0 radical (unpaired) electrons. The van der Waals surface area contributed by atoms with Gasteiger partial charge in [0.25, 0.3) is 0 Å². The van der Waals surface area contributed by atoms with Gasteiger partial charge in [0.1, 0.15) is 11.6 Å². The number of nitrogens with one attached hydrogen (secondary N) is 1. The third kappa shape index (κ3) is 3.61.